The average molecular weight is 190 g/mol. The van der Waals surface area contributed by atoms with E-state index in [1.807, 2.05) is 25.1 Å². The van der Waals surface area contributed by atoms with Gasteiger partial charge in [0.25, 0.3) is 5.56 Å². The average Bonchev–Trinajstić information content (AvgIpc) is 2.47. The number of pyridine rings is 1. The number of aryl methyl sites for hydroxylation is 2. The van der Waals surface area contributed by atoms with Crippen molar-refractivity contribution < 1.29 is 4.52 Å². The predicted octanol–water partition coefficient (Wildman–Crippen LogP) is 1.35. The van der Waals surface area contributed by atoms with Crippen LogP contribution in [-0.2, 0) is 7.05 Å². The van der Waals surface area contributed by atoms with Crippen molar-refractivity contribution >= 4 is 0 Å². The van der Waals surface area contributed by atoms with Crippen molar-refractivity contribution in [3.63, 3.8) is 0 Å². The Labute approximate surface area is 80.8 Å². The molecule has 2 heterocycles. The summed E-state index contributed by atoms with van der Waals surface area (Å²) in [6, 6.07) is 7.02. The summed E-state index contributed by atoms with van der Waals surface area (Å²) in [5, 5.41) is 0. The topological polar surface area (TPSA) is 48.0 Å². The first-order valence-corrected chi connectivity index (χ1v) is 4.28. The van der Waals surface area contributed by atoms with Gasteiger partial charge in [0, 0.05) is 12.7 Å². The van der Waals surface area contributed by atoms with Gasteiger partial charge in [0.05, 0.1) is 6.07 Å². The Morgan fingerprint density at radius 2 is 2.21 bits per heavy atom. The summed E-state index contributed by atoms with van der Waals surface area (Å²) in [6.07, 6.45) is 0. The molecule has 0 amide bonds. The van der Waals surface area contributed by atoms with Crippen molar-refractivity contribution in [3.05, 3.63) is 40.3 Å². The number of rotatable bonds is 1. The van der Waals surface area contributed by atoms with Gasteiger partial charge in [0.2, 0.25) is 0 Å². The first-order chi connectivity index (χ1) is 6.66. The van der Waals surface area contributed by atoms with E-state index in [1.165, 1.54) is 10.8 Å². The Kier molecular flexibility index (Phi) is 1.96. The molecule has 0 spiro atoms. The Balaban J connectivity index is 2.54. The molecule has 0 saturated carbocycles. The summed E-state index contributed by atoms with van der Waals surface area (Å²) in [5.41, 5.74) is 1.42. The van der Waals surface area contributed by atoms with E-state index < -0.39 is 0 Å². The molecule has 2 aromatic rings. The molecule has 0 unspecified atom stereocenters. The van der Waals surface area contributed by atoms with Crippen LogP contribution in [0.2, 0.25) is 0 Å². The first kappa shape index (κ1) is 8.74. The first-order valence-electron chi connectivity index (χ1n) is 4.28. The molecule has 0 saturated heterocycles. The van der Waals surface area contributed by atoms with Crippen LogP contribution in [0.25, 0.3) is 11.5 Å². The lowest BCUT2D eigenvalue weighted by atomic mass is 10.2. The molecule has 0 aliphatic carbocycles. The molecule has 0 aromatic carbocycles. The molecule has 0 radical (unpaired) electrons. The molecule has 0 fully saturated rings. The summed E-state index contributed by atoms with van der Waals surface area (Å²) in [5.74, 6) is 0.501. The van der Waals surface area contributed by atoms with Crippen LogP contribution >= 0.6 is 0 Å². The Morgan fingerprint density at radius 3 is 2.79 bits per heavy atom. The standard InChI is InChI=1S/C10H10N2O2/c1-7-4-3-5-8(11-7)9-6-10(13)12(2)14-9/h3-6H,1-2H3. The molecular formula is C10H10N2O2. The smallest absolute Gasteiger partial charge is 0.282 e. The Morgan fingerprint density at radius 1 is 1.43 bits per heavy atom. The second kappa shape index (κ2) is 3.14. The second-order valence-corrected chi connectivity index (χ2v) is 3.10. The van der Waals surface area contributed by atoms with Crippen LogP contribution in [0.1, 0.15) is 5.69 Å². The minimum absolute atomic E-state index is 0.164. The Bertz CT molecular complexity index is 511. The Hall–Kier alpha value is -1.84. The van der Waals surface area contributed by atoms with Crippen LogP contribution < -0.4 is 5.56 Å². The highest BCUT2D eigenvalue weighted by Crippen LogP contribution is 2.14. The monoisotopic (exact) mass is 190 g/mol. The SMILES string of the molecule is Cc1cccc(-c2cc(=O)n(C)o2)n1. The largest absolute Gasteiger partial charge is 0.374 e. The van der Waals surface area contributed by atoms with Crippen molar-refractivity contribution in [3.8, 4) is 11.5 Å². The van der Waals surface area contributed by atoms with Gasteiger partial charge in [-0.25, -0.2) is 4.98 Å². The molecule has 0 aliphatic rings. The zero-order valence-corrected chi connectivity index (χ0v) is 8.02. The van der Waals surface area contributed by atoms with E-state index in [9.17, 15) is 4.79 Å². The van der Waals surface area contributed by atoms with Gasteiger partial charge in [-0.05, 0) is 19.1 Å². The third-order valence-electron chi connectivity index (χ3n) is 1.94. The molecule has 2 aromatic heterocycles. The molecule has 72 valence electrons. The quantitative estimate of drug-likeness (QED) is 0.682. The normalized spacial score (nSPS) is 10.4. The van der Waals surface area contributed by atoms with Gasteiger partial charge >= 0.3 is 0 Å². The highest BCUT2D eigenvalue weighted by Gasteiger charge is 2.06. The van der Waals surface area contributed by atoms with Gasteiger partial charge in [0.15, 0.2) is 5.76 Å². The van der Waals surface area contributed by atoms with Crippen LogP contribution in [0.15, 0.2) is 33.6 Å². The maximum absolute atomic E-state index is 11.1. The van der Waals surface area contributed by atoms with Gasteiger partial charge in [0.1, 0.15) is 5.69 Å². The number of nitrogens with zero attached hydrogens (tertiary/aromatic N) is 2. The van der Waals surface area contributed by atoms with Crippen LogP contribution in [0.5, 0.6) is 0 Å². The van der Waals surface area contributed by atoms with Crippen molar-refractivity contribution in [1.29, 1.82) is 0 Å². The molecular weight excluding hydrogens is 180 g/mol. The summed E-state index contributed by atoms with van der Waals surface area (Å²) in [7, 11) is 1.57. The summed E-state index contributed by atoms with van der Waals surface area (Å²) in [6.45, 7) is 1.89. The predicted molar refractivity (Wildman–Crippen MR) is 51.9 cm³/mol. The summed E-state index contributed by atoms with van der Waals surface area (Å²) < 4.78 is 6.38. The third-order valence-corrected chi connectivity index (χ3v) is 1.94. The van der Waals surface area contributed by atoms with Gasteiger partial charge in [-0.15, -0.1) is 0 Å². The van der Waals surface area contributed by atoms with Crippen molar-refractivity contribution in [2.75, 3.05) is 0 Å². The van der Waals surface area contributed by atoms with E-state index in [4.69, 9.17) is 4.52 Å². The maximum Gasteiger partial charge on any atom is 0.282 e. The van der Waals surface area contributed by atoms with Crippen LogP contribution in [0.4, 0.5) is 0 Å². The van der Waals surface area contributed by atoms with Gasteiger partial charge in [-0.1, -0.05) is 6.07 Å². The van der Waals surface area contributed by atoms with E-state index in [0.717, 1.165) is 5.69 Å². The molecule has 4 heteroatoms. The number of hydrogen-bond acceptors (Lipinski definition) is 3. The molecule has 0 bridgehead atoms. The molecule has 0 N–H and O–H groups in total. The third kappa shape index (κ3) is 1.46. The fraction of sp³-hybridized carbons (Fsp3) is 0.200. The maximum atomic E-state index is 11.1. The second-order valence-electron chi connectivity index (χ2n) is 3.10. The van der Waals surface area contributed by atoms with Gasteiger partial charge in [-0.3, -0.25) is 4.79 Å². The minimum atomic E-state index is -0.164. The summed E-state index contributed by atoms with van der Waals surface area (Å²) >= 11 is 0. The highest BCUT2D eigenvalue weighted by atomic mass is 16.5. The van der Waals surface area contributed by atoms with Crippen molar-refractivity contribution in [2.45, 2.75) is 6.92 Å². The van der Waals surface area contributed by atoms with E-state index in [-0.39, 0.29) is 5.56 Å². The molecule has 4 nitrogen and oxygen atoms in total. The van der Waals surface area contributed by atoms with E-state index in [2.05, 4.69) is 4.98 Å². The van der Waals surface area contributed by atoms with Gasteiger partial charge in [-0.2, -0.15) is 4.74 Å². The van der Waals surface area contributed by atoms with Crippen molar-refractivity contribution in [1.82, 2.24) is 9.72 Å². The van der Waals surface area contributed by atoms with Crippen LogP contribution in [-0.4, -0.2) is 9.72 Å². The molecule has 2 rings (SSSR count). The number of hydrogen-bond donors (Lipinski definition) is 0. The molecule has 0 atom stereocenters. The zero-order chi connectivity index (χ0) is 10.1. The van der Waals surface area contributed by atoms with E-state index >= 15 is 0 Å². The minimum Gasteiger partial charge on any atom is -0.374 e. The molecule has 0 aliphatic heterocycles. The van der Waals surface area contributed by atoms with Crippen molar-refractivity contribution in [2.24, 2.45) is 7.05 Å². The van der Waals surface area contributed by atoms with E-state index in [0.29, 0.717) is 11.5 Å². The zero-order valence-electron chi connectivity index (χ0n) is 8.02. The van der Waals surface area contributed by atoms with Gasteiger partial charge < -0.3 is 4.52 Å². The lowest BCUT2D eigenvalue weighted by Gasteiger charge is -1.95. The van der Waals surface area contributed by atoms with Crippen LogP contribution in [0.3, 0.4) is 0 Å². The lowest BCUT2D eigenvalue weighted by molar-refractivity contribution is 0.306. The highest BCUT2D eigenvalue weighted by molar-refractivity contribution is 5.50. The molecule has 14 heavy (non-hydrogen) atoms. The van der Waals surface area contributed by atoms with E-state index in [1.54, 1.807) is 7.05 Å². The summed E-state index contributed by atoms with van der Waals surface area (Å²) in [4.78, 5) is 15.4. The number of aromatic nitrogens is 2. The fourth-order valence-electron chi connectivity index (χ4n) is 1.22. The van der Waals surface area contributed by atoms with Crippen LogP contribution in [0, 0.1) is 6.92 Å². The fourth-order valence-corrected chi connectivity index (χ4v) is 1.22. The lowest BCUT2D eigenvalue weighted by Crippen LogP contribution is -2.06.